The molecule has 0 radical (unpaired) electrons. The molecule has 0 spiro atoms. The van der Waals surface area contributed by atoms with Crippen LogP contribution in [-0.4, -0.2) is 45.1 Å². The lowest BCUT2D eigenvalue weighted by molar-refractivity contribution is -0.145. The molecule has 6 heteroatoms. The van der Waals surface area contributed by atoms with Crippen LogP contribution in [0.15, 0.2) is 5.16 Å². The predicted octanol–water partition coefficient (Wildman–Crippen LogP) is 1.05. The summed E-state index contributed by atoms with van der Waals surface area (Å²) in [4.78, 5) is 14.9. The van der Waals surface area contributed by atoms with Gasteiger partial charge in [-0.3, -0.25) is 4.79 Å². The van der Waals surface area contributed by atoms with Gasteiger partial charge < -0.3 is 20.9 Å². The third-order valence-electron chi connectivity index (χ3n) is 5.16. The van der Waals surface area contributed by atoms with Crippen molar-refractivity contribution >= 4 is 11.7 Å². The van der Waals surface area contributed by atoms with Crippen molar-refractivity contribution in [2.45, 2.75) is 70.6 Å². The predicted molar refractivity (Wildman–Crippen MR) is 75.3 cm³/mol. The van der Waals surface area contributed by atoms with E-state index in [-0.39, 0.29) is 29.9 Å². The van der Waals surface area contributed by atoms with Gasteiger partial charge in [0.25, 0.3) is 0 Å². The number of oxime groups is 1. The molecule has 20 heavy (non-hydrogen) atoms. The molecule has 2 saturated heterocycles. The van der Waals surface area contributed by atoms with Crippen molar-refractivity contribution in [2.75, 3.05) is 0 Å². The highest BCUT2D eigenvalue weighted by Crippen LogP contribution is 2.40. The number of aliphatic hydroxyl groups is 1. The minimum atomic E-state index is -0.919. The number of nitrogens with zero attached hydrogens (tertiary/aromatic N) is 2. The third-order valence-corrected chi connectivity index (χ3v) is 5.16. The van der Waals surface area contributed by atoms with E-state index in [9.17, 15) is 9.90 Å². The summed E-state index contributed by atoms with van der Waals surface area (Å²) in [7, 11) is 0. The summed E-state index contributed by atoms with van der Waals surface area (Å²) in [6.45, 7) is 3.78. The molecule has 114 valence electrons. The van der Waals surface area contributed by atoms with E-state index in [0.29, 0.717) is 25.7 Å². The van der Waals surface area contributed by atoms with Crippen LogP contribution in [-0.2, 0) is 4.79 Å². The monoisotopic (exact) mass is 283 g/mol. The molecule has 1 amide bonds. The van der Waals surface area contributed by atoms with Crippen molar-refractivity contribution in [1.82, 2.24) is 4.90 Å². The zero-order chi connectivity index (χ0) is 14.9. The largest absolute Gasteiger partial charge is 0.409 e. The first-order valence-corrected chi connectivity index (χ1v) is 7.49. The first-order chi connectivity index (χ1) is 9.50. The van der Waals surface area contributed by atoms with E-state index in [1.54, 1.807) is 0 Å². The number of fused-ring (bicyclic) bond motifs is 2. The van der Waals surface area contributed by atoms with Crippen LogP contribution in [0.4, 0.5) is 0 Å². The van der Waals surface area contributed by atoms with E-state index in [2.05, 4.69) is 5.16 Å². The average molecular weight is 283 g/mol. The fraction of sp³-hybridized carbons (Fsp3) is 0.857. The Kier molecular flexibility index (Phi) is 4.22. The number of piperidine rings is 1. The van der Waals surface area contributed by atoms with Gasteiger partial charge in [-0.25, -0.2) is 0 Å². The van der Waals surface area contributed by atoms with E-state index in [1.165, 1.54) is 0 Å². The van der Waals surface area contributed by atoms with Crippen LogP contribution in [0.2, 0.25) is 0 Å². The smallest absolute Gasteiger partial charge is 0.237 e. The van der Waals surface area contributed by atoms with Crippen LogP contribution in [0.1, 0.15) is 52.4 Å². The second-order valence-electron chi connectivity index (χ2n) is 6.00. The van der Waals surface area contributed by atoms with Crippen LogP contribution in [0.25, 0.3) is 0 Å². The number of aliphatic hydroxyl groups excluding tert-OH is 1. The molecule has 2 heterocycles. The maximum absolute atomic E-state index is 13.0. The lowest BCUT2D eigenvalue weighted by Gasteiger charge is -2.42. The molecule has 2 fully saturated rings. The first kappa shape index (κ1) is 15.1. The summed E-state index contributed by atoms with van der Waals surface area (Å²) in [5.41, 5.74) is 4.90. The first-order valence-electron chi connectivity index (χ1n) is 7.49. The van der Waals surface area contributed by atoms with Crippen LogP contribution in [0, 0.1) is 5.41 Å². The van der Waals surface area contributed by atoms with E-state index in [0.717, 1.165) is 12.8 Å². The minimum Gasteiger partial charge on any atom is -0.409 e. The van der Waals surface area contributed by atoms with Gasteiger partial charge >= 0.3 is 0 Å². The van der Waals surface area contributed by atoms with E-state index >= 15 is 0 Å². The Bertz CT molecular complexity index is 392. The Morgan fingerprint density at radius 2 is 1.80 bits per heavy atom. The Balaban J connectivity index is 2.30. The summed E-state index contributed by atoms with van der Waals surface area (Å²) < 4.78 is 0. The average Bonchev–Trinajstić information content (AvgIpc) is 2.72. The van der Waals surface area contributed by atoms with Gasteiger partial charge in [-0.1, -0.05) is 19.0 Å². The summed E-state index contributed by atoms with van der Waals surface area (Å²) in [5.74, 6) is -0.0461. The van der Waals surface area contributed by atoms with Crippen molar-refractivity contribution in [1.29, 1.82) is 0 Å². The van der Waals surface area contributed by atoms with Gasteiger partial charge in [0.15, 0.2) is 5.84 Å². The van der Waals surface area contributed by atoms with Crippen molar-refractivity contribution in [3.63, 3.8) is 0 Å². The molecule has 2 aliphatic heterocycles. The molecule has 0 aromatic heterocycles. The molecule has 2 aliphatic rings. The zero-order valence-corrected chi connectivity index (χ0v) is 12.2. The Morgan fingerprint density at radius 1 is 1.30 bits per heavy atom. The number of hydrogen-bond acceptors (Lipinski definition) is 4. The number of nitrogens with two attached hydrogens (primary N) is 1. The van der Waals surface area contributed by atoms with Gasteiger partial charge in [0, 0.05) is 12.1 Å². The third kappa shape index (κ3) is 2.16. The molecule has 0 aromatic rings. The molecule has 0 aliphatic carbocycles. The number of amides is 1. The highest BCUT2D eigenvalue weighted by Gasteiger charge is 2.50. The molecule has 2 unspecified atom stereocenters. The van der Waals surface area contributed by atoms with Gasteiger partial charge in [-0.2, -0.15) is 0 Å². The molecule has 2 bridgehead atoms. The highest BCUT2D eigenvalue weighted by atomic mass is 16.4. The van der Waals surface area contributed by atoms with Crippen LogP contribution >= 0.6 is 0 Å². The van der Waals surface area contributed by atoms with Gasteiger partial charge in [-0.05, 0) is 38.5 Å². The summed E-state index contributed by atoms with van der Waals surface area (Å²) >= 11 is 0. The summed E-state index contributed by atoms with van der Waals surface area (Å²) in [6.07, 6.45) is 3.87. The van der Waals surface area contributed by atoms with Gasteiger partial charge in [-0.15, -0.1) is 0 Å². The van der Waals surface area contributed by atoms with Crippen molar-refractivity contribution in [2.24, 2.45) is 16.3 Å². The molecule has 2 atom stereocenters. The Hall–Kier alpha value is -1.30. The molecule has 2 rings (SSSR count). The molecule has 4 N–H and O–H groups in total. The lowest BCUT2D eigenvalue weighted by Crippen LogP contribution is -2.57. The Labute approximate surface area is 119 Å². The molecular formula is C14H25N3O3. The van der Waals surface area contributed by atoms with Crippen molar-refractivity contribution in [3.8, 4) is 0 Å². The second kappa shape index (κ2) is 5.60. The maximum Gasteiger partial charge on any atom is 0.237 e. The lowest BCUT2D eigenvalue weighted by atomic mass is 9.78. The number of rotatable bonds is 4. The summed E-state index contributed by atoms with van der Waals surface area (Å²) in [6, 6.07) is 0.195. The van der Waals surface area contributed by atoms with Gasteiger partial charge in [0.05, 0.1) is 6.10 Å². The number of amidine groups is 1. The SMILES string of the molecule is CCC(CC)(C(=O)N1C2CCC1CC(O)C2)C(N)=NO. The fourth-order valence-corrected chi connectivity index (χ4v) is 3.85. The maximum atomic E-state index is 13.0. The second-order valence-corrected chi connectivity index (χ2v) is 6.00. The van der Waals surface area contributed by atoms with Crippen molar-refractivity contribution < 1.29 is 15.1 Å². The number of carbonyl (C=O) groups excluding carboxylic acids is 1. The van der Waals surface area contributed by atoms with Crippen LogP contribution < -0.4 is 5.73 Å². The van der Waals surface area contributed by atoms with Crippen molar-refractivity contribution in [3.05, 3.63) is 0 Å². The zero-order valence-electron chi connectivity index (χ0n) is 12.2. The van der Waals surface area contributed by atoms with Gasteiger partial charge in [0.1, 0.15) is 5.41 Å². The Morgan fingerprint density at radius 3 is 2.20 bits per heavy atom. The van der Waals surface area contributed by atoms with Crippen LogP contribution in [0.5, 0.6) is 0 Å². The van der Waals surface area contributed by atoms with Crippen LogP contribution in [0.3, 0.4) is 0 Å². The molecule has 0 aromatic carbocycles. The van der Waals surface area contributed by atoms with E-state index < -0.39 is 5.41 Å². The number of hydrogen-bond donors (Lipinski definition) is 3. The van der Waals surface area contributed by atoms with E-state index in [4.69, 9.17) is 10.9 Å². The molecular weight excluding hydrogens is 258 g/mol. The normalized spacial score (nSPS) is 30.6. The quantitative estimate of drug-likeness (QED) is 0.311. The van der Waals surface area contributed by atoms with E-state index in [1.807, 2.05) is 18.7 Å². The fourth-order valence-electron chi connectivity index (χ4n) is 3.85. The van der Waals surface area contributed by atoms with Gasteiger partial charge in [0.2, 0.25) is 5.91 Å². The highest BCUT2D eigenvalue weighted by molar-refractivity contribution is 6.07. The number of carbonyl (C=O) groups is 1. The summed E-state index contributed by atoms with van der Waals surface area (Å²) in [5, 5.41) is 22.0. The molecule has 6 nitrogen and oxygen atoms in total. The minimum absolute atomic E-state index is 0.00183. The molecule has 0 saturated carbocycles. The topological polar surface area (TPSA) is 99.2 Å². The standard InChI is InChI=1S/C14H25N3O3/c1-3-14(4-2,12(15)16-20)13(19)17-9-5-6-10(17)8-11(18)7-9/h9-11,18,20H,3-8H2,1-2H3,(H2,15,16).